The number of aliphatic hydroxyl groups is 1. The highest BCUT2D eigenvalue weighted by Crippen LogP contribution is 2.43. The molecule has 21 heavy (non-hydrogen) atoms. The molecule has 0 radical (unpaired) electrons. The lowest BCUT2D eigenvalue weighted by molar-refractivity contribution is 0.0213. The number of amides is 1. The normalized spacial score (nSPS) is 25.1. The highest BCUT2D eigenvalue weighted by atomic mass is 35.5. The van der Waals surface area contributed by atoms with Crippen molar-refractivity contribution in [1.82, 2.24) is 0 Å². The number of hydrogen-bond donors (Lipinski definition) is 3. The number of ether oxygens (including phenoxy) is 1. The molecule has 0 spiro atoms. The average Bonchev–Trinajstić information content (AvgIpc) is 2.27. The Bertz CT molecular complexity index is 548. The van der Waals surface area contributed by atoms with Gasteiger partial charge in [-0.15, -0.1) is 0 Å². The molecule has 0 aromatic heterocycles. The molecule has 5 nitrogen and oxygen atoms in total. The Morgan fingerprint density at radius 3 is 2.62 bits per heavy atom. The minimum absolute atomic E-state index is 0.414. The maximum atomic E-state index is 11.9. The van der Waals surface area contributed by atoms with Crippen LogP contribution >= 0.6 is 11.6 Å². The first-order valence-corrected chi connectivity index (χ1v) is 7.24. The van der Waals surface area contributed by atoms with E-state index in [9.17, 15) is 9.90 Å². The molecule has 1 saturated carbocycles. The van der Waals surface area contributed by atoms with Crippen LogP contribution in [0.15, 0.2) is 18.2 Å². The van der Waals surface area contributed by atoms with Crippen LogP contribution in [-0.4, -0.2) is 22.9 Å². The third-order valence-electron chi connectivity index (χ3n) is 3.35. The van der Waals surface area contributed by atoms with E-state index in [2.05, 4.69) is 5.32 Å². The van der Waals surface area contributed by atoms with Gasteiger partial charge in [0, 0.05) is 16.2 Å². The minimum atomic E-state index is -0.672. The maximum Gasteiger partial charge on any atom is 0.412 e. The fourth-order valence-electron chi connectivity index (χ4n) is 2.45. The summed E-state index contributed by atoms with van der Waals surface area (Å²) in [6, 6.07) is 5.09. The molecule has 1 aliphatic rings. The minimum Gasteiger partial charge on any atom is -0.444 e. The van der Waals surface area contributed by atoms with E-state index in [1.165, 1.54) is 0 Å². The smallest absolute Gasteiger partial charge is 0.412 e. The maximum absolute atomic E-state index is 11.9. The van der Waals surface area contributed by atoms with E-state index in [1.807, 2.05) is 0 Å². The fourth-order valence-corrected chi connectivity index (χ4v) is 2.62. The molecular weight excluding hydrogens is 292 g/mol. The largest absolute Gasteiger partial charge is 0.444 e. The summed E-state index contributed by atoms with van der Waals surface area (Å²) in [7, 11) is 0. The summed E-state index contributed by atoms with van der Waals surface area (Å²) in [4.78, 5) is 11.9. The number of anilines is 1. The van der Waals surface area contributed by atoms with Crippen LogP contribution in [0.25, 0.3) is 0 Å². The van der Waals surface area contributed by atoms with E-state index in [1.54, 1.807) is 39.0 Å². The molecule has 2 rings (SSSR count). The molecule has 1 aromatic carbocycles. The predicted molar refractivity (Wildman–Crippen MR) is 82.4 cm³/mol. The molecule has 0 atom stereocenters. The van der Waals surface area contributed by atoms with Gasteiger partial charge in [0.1, 0.15) is 5.60 Å². The van der Waals surface area contributed by atoms with E-state index in [0.717, 1.165) is 0 Å². The Morgan fingerprint density at radius 1 is 1.48 bits per heavy atom. The first-order valence-electron chi connectivity index (χ1n) is 6.86. The third kappa shape index (κ3) is 3.87. The summed E-state index contributed by atoms with van der Waals surface area (Å²) in [5, 5.41) is 12.8. The lowest BCUT2D eigenvalue weighted by Crippen LogP contribution is -2.52. The summed E-state index contributed by atoms with van der Waals surface area (Å²) in [5.41, 5.74) is 6.30. The molecular formula is C15H21ClN2O3. The molecule has 1 aromatic rings. The molecule has 0 heterocycles. The molecule has 0 aliphatic heterocycles. The summed E-state index contributed by atoms with van der Waals surface area (Å²) in [6.45, 7) is 5.38. The Morgan fingerprint density at radius 2 is 2.10 bits per heavy atom. The second-order valence-corrected chi connectivity index (χ2v) is 6.97. The summed E-state index contributed by atoms with van der Waals surface area (Å²) in [5.74, 6) is 0. The van der Waals surface area contributed by atoms with Crippen LogP contribution in [0.2, 0.25) is 5.02 Å². The predicted octanol–water partition coefficient (Wildman–Crippen LogP) is 3.00. The van der Waals surface area contributed by atoms with Crippen LogP contribution in [0.5, 0.6) is 0 Å². The topological polar surface area (TPSA) is 84.6 Å². The molecule has 116 valence electrons. The Hall–Kier alpha value is -1.30. The molecule has 0 unspecified atom stereocenters. The standard InChI is InChI=1S/C15H21ClN2O3/c1-14(2,3)21-13(20)18-12-5-4-9(16)6-11(12)15(17)7-10(19)8-15/h4-6,10,19H,7-8,17H2,1-3H3,(H,18,20). The Kier molecular flexibility index (Phi) is 4.19. The number of hydrogen-bond acceptors (Lipinski definition) is 4. The molecule has 1 aliphatic carbocycles. The average molecular weight is 313 g/mol. The summed E-state index contributed by atoms with van der Waals surface area (Å²) >= 11 is 6.02. The zero-order valence-electron chi connectivity index (χ0n) is 12.4. The van der Waals surface area contributed by atoms with Crippen LogP contribution in [0.4, 0.5) is 10.5 Å². The van der Waals surface area contributed by atoms with E-state index < -0.39 is 23.3 Å². The van der Waals surface area contributed by atoms with Crippen LogP contribution in [0.1, 0.15) is 39.2 Å². The van der Waals surface area contributed by atoms with Crippen molar-refractivity contribution in [2.24, 2.45) is 5.73 Å². The van der Waals surface area contributed by atoms with Crippen molar-refractivity contribution in [1.29, 1.82) is 0 Å². The van der Waals surface area contributed by atoms with Crippen molar-refractivity contribution in [3.8, 4) is 0 Å². The van der Waals surface area contributed by atoms with Gasteiger partial charge in [-0.2, -0.15) is 0 Å². The van der Waals surface area contributed by atoms with Gasteiger partial charge in [0.05, 0.1) is 6.10 Å². The van der Waals surface area contributed by atoms with Crippen molar-refractivity contribution in [3.63, 3.8) is 0 Å². The van der Waals surface area contributed by atoms with Crippen molar-refractivity contribution in [3.05, 3.63) is 28.8 Å². The van der Waals surface area contributed by atoms with Crippen molar-refractivity contribution in [2.45, 2.75) is 50.9 Å². The second-order valence-electron chi connectivity index (χ2n) is 6.54. The lowest BCUT2D eigenvalue weighted by Gasteiger charge is -2.43. The van der Waals surface area contributed by atoms with Gasteiger partial charge in [-0.1, -0.05) is 11.6 Å². The summed E-state index contributed by atoms with van der Waals surface area (Å²) in [6.07, 6.45) is -0.0786. The van der Waals surface area contributed by atoms with Gasteiger partial charge in [-0.25, -0.2) is 4.79 Å². The Labute approximate surface area is 129 Å². The molecule has 6 heteroatoms. The zero-order valence-corrected chi connectivity index (χ0v) is 13.2. The number of rotatable bonds is 2. The number of nitrogens with one attached hydrogen (secondary N) is 1. The van der Waals surface area contributed by atoms with E-state index >= 15 is 0 Å². The van der Waals surface area contributed by atoms with Gasteiger partial charge < -0.3 is 15.6 Å². The number of halogens is 1. The lowest BCUT2D eigenvalue weighted by atomic mass is 9.70. The van der Waals surface area contributed by atoms with Gasteiger partial charge in [0.15, 0.2) is 0 Å². The summed E-state index contributed by atoms with van der Waals surface area (Å²) < 4.78 is 5.24. The molecule has 0 saturated heterocycles. The van der Waals surface area contributed by atoms with Crippen molar-refractivity contribution >= 4 is 23.4 Å². The van der Waals surface area contributed by atoms with E-state index in [0.29, 0.717) is 29.1 Å². The van der Waals surface area contributed by atoms with Gasteiger partial charge in [-0.05, 0) is 57.4 Å². The fraction of sp³-hybridized carbons (Fsp3) is 0.533. The number of carbonyl (C=O) groups excluding carboxylic acids is 1. The Balaban J connectivity index is 2.22. The van der Waals surface area contributed by atoms with Gasteiger partial charge >= 0.3 is 6.09 Å². The van der Waals surface area contributed by atoms with E-state index in [-0.39, 0.29) is 0 Å². The van der Waals surface area contributed by atoms with Crippen LogP contribution in [0.3, 0.4) is 0 Å². The number of nitrogens with two attached hydrogens (primary N) is 1. The third-order valence-corrected chi connectivity index (χ3v) is 3.59. The molecule has 1 fully saturated rings. The molecule has 4 N–H and O–H groups in total. The first kappa shape index (κ1) is 16.1. The SMILES string of the molecule is CC(C)(C)OC(=O)Nc1ccc(Cl)cc1C1(N)CC(O)C1. The highest BCUT2D eigenvalue weighted by Gasteiger charge is 2.43. The number of carbonyl (C=O) groups is 1. The van der Waals surface area contributed by atoms with Crippen molar-refractivity contribution in [2.75, 3.05) is 5.32 Å². The van der Waals surface area contributed by atoms with Crippen LogP contribution < -0.4 is 11.1 Å². The molecule has 0 bridgehead atoms. The van der Waals surface area contributed by atoms with Gasteiger partial charge in [0.2, 0.25) is 0 Å². The quantitative estimate of drug-likeness (QED) is 0.783. The zero-order chi connectivity index (χ0) is 15.8. The second kappa shape index (κ2) is 5.48. The first-order chi connectivity index (χ1) is 9.59. The monoisotopic (exact) mass is 312 g/mol. The van der Waals surface area contributed by atoms with Crippen LogP contribution in [0, 0.1) is 0 Å². The van der Waals surface area contributed by atoms with Gasteiger partial charge in [-0.3, -0.25) is 5.32 Å². The van der Waals surface area contributed by atoms with E-state index in [4.69, 9.17) is 22.1 Å². The number of benzene rings is 1. The van der Waals surface area contributed by atoms with Gasteiger partial charge in [0.25, 0.3) is 0 Å². The van der Waals surface area contributed by atoms with Crippen LogP contribution in [-0.2, 0) is 10.3 Å². The highest BCUT2D eigenvalue weighted by molar-refractivity contribution is 6.30. The number of aliphatic hydroxyl groups excluding tert-OH is 1. The van der Waals surface area contributed by atoms with Crippen molar-refractivity contribution < 1.29 is 14.6 Å². The molecule has 1 amide bonds.